The van der Waals surface area contributed by atoms with E-state index in [9.17, 15) is 34.2 Å². The van der Waals surface area contributed by atoms with Gasteiger partial charge in [-0.3, -0.25) is 19.0 Å². The largest absolute Gasteiger partial charge is 0.508 e. The third-order valence-corrected chi connectivity index (χ3v) is 12.3. The van der Waals surface area contributed by atoms with Crippen LogP contribution in [-0.4, -0.2) is 113 Å². The molecule has 68 heavy (non-hydrogen) atoms. The number of piperidine rings is 1. The normalized spacial score (nSPS) is 13.3. The monoisotopic (exact) mass is 928 g/mol. The number of phenols is 2. The number of aromatic hydroxyl groups is 2. The summed E-state index contributed by atoms with van der Waals surface area (Å²) >= 11 is 0. The van der Waals surface area contributed by atoms with Crippen LogP contribution in [-0.2, 0) is 29.1 Å². The molecular weight excluding hydrogens is 877 g/mol. The average molecular weight is 929 g/mol. The number of nitrogens with zero attached hydrogens (tertiary/aromatic N) is 7. The van der Waals surface area contributed by atoms with Crippen LogP contribution in [0.1, 0.15) is 84.9 Å². The lowest BCUT2D eigenvalue weighted by Gasteiger charge is -2.33. The smallest absolute Gasteiger partial charge is 0.506 e. The predicted molar refractivity (Wildman–Crippen MR) is 249 cm³/mol. The van der Waals surface area contributed by atoms with Gasteiger partial charge in [-0.2, -0.15) is 0 Å². The Morgan fingerprint density at radius 2 is 1.65 bits per heavy atom. The number of nitrogens with one attached hydrogen (secondary N) is 1. The van der Waals surface area contributed by atoms with Gasteiger partial charge in [-0.1, -0.05) is 20.8 Å². The van der Waals surface area contributed by atoms with Gasteiger partial charge in [0.1, 0.15) is 42.3 Å². The molecule has 3 aromatic heterocycles. The van der Waals surface area contributed by atoms with E-state index in [-0.39, 0.29) is 77.6 Å². The van der Waals surface area contributed by atoms with Crippen LogP contribution in [0.25, 0.3) is 39.4 Å². The number of fused-ring (bicyclic) bond motifs is 4. The Balaban J connectivity index is 0.883. The van der Waals surface area contributed by atoms with E-state index in [2.05, 4.69) is 15.5 Å². The van der Waals surface area contributed by atoms with Gasteiger partial charge in [-0.15, -0.1) is 10.2 Å². The first-order valence-corrected chi connectivity index (χ1v) is 22.4. The molecule has 5 heterocycles. The van der Waals surface area contributed by atoms with Crippen molar-refractivity contribution in [2.24, 2.45) is 0 Å². The fourth-order valence-corrected chi connectivity index (χ4v) is 8.79. The van der Waals surface area contributed by atoms with Crippen LogP contribution >= 0.6 is 0 Å². The fraction of sp³-hybridized carbons (Fsp3) is 0.347. The molecule has 8 rings (SSSR count). The highest BCUT2D eigenvalue weighted by molar-refractivity contribution is 5.92. The maximum atomic E-state index is 13.4. The lowest BCUT2D eigenvalue weighted by Crippen LogP contribution is -2.46. The Labute approximate surface area is 390 Å². The quantitative estimate of drug-likeness (QED) is 0.0901. The molecule has 19 heteroatoms. The second kappa shape index (κ2) is 19.1. The van der Waals surface area contributed by atoms with E-state index in [1.165, 1.54) is 18.0 Å². The molecular formula is C49H52N8O11. The Morgan fingerprint density at radius 3 is 2.32 bits per heavy atom. The number of ether oxygens (including phenoxy) is 3. The summed E-state index contributed by atoms with van der Waals surface area (Å²) in [7, 11) is 1.50. The van der Waals surface area contributed by atoms with Gasteiger partial charge in [0.05, 0.1) is 34.6 Å². The van der Waals surface area contributed by atoms with E-state index >= 15 is 0 Å². The summed E-state index contributed by atoms with van der Waals surface area (Å²) in [6, 6.07) is 16.9. The van der Waals surface area contributed by atoms with Crippen LogP contribution in [0.15, 0.2) is 65.5 Å². The van der Waals surface area contributed by atoms with Gasteiger partial charge in [0.2, 0.25) is 11.7 Å². The van der Waals surface area contributed by atoms with Crippen molar-refractivity contribution in [3.8, 4) is 51.5 Å². The van der Waals surface area contributed by atoms with E-state index < -0.39 is 18.2 Å². The van der Waals surface area contributed by atoms with Gasteiger partial charge in [0.15, 0.2) is 5.82 Å². The molecule has 0 saturated carbocycles. The van der Waals surface area contributed by atoms with Gasteiger partial charge in [0.25, 0.3) is 11.5 Å². The van der Waals surface area contributed by atoms with Crippen molar-refractivity contribution >= 4 is 35.0 Å². The van der Waals surface area contributed by atoms with Crippen molar-refractivity contribution in [1.29, 1.82) is 0 Å². The minimum atomic E-state index is -1.47. The lowest BCUT2D eigenvalue weighted by molar-refractivity contribution is -0.133. The number of likely N-dealkylation sites (tertiary alicyclic amines) is 1. The minimum Gasteiger partial charge on any atom is -0.508 e. The van der Waals surface area contributed by atoms with Crippen molar-refractivity contribution in [1.82, 2.24) is 39.4 Å². The number of hydrogen-bond acceptors (Lipinski definition) is 13. The SMILES string of the molecule is CCNC(=O)c1nnc(-c2cc(C(C)C)c(O)cc2O)n1-c1ccc(OC2CCN(C(=O)CN(C)C(=O)Oc3ccc4nc5c(c(CC)c4c3)Cn3c-5cc(C)c(COC(=O)O)c3=O)CC2)cc1. The molecule has 3 aromatic carbocycles. The van der Waals surface area contributed by atoms with Crippen LogP contribution in [0.5, 0.6) is 23.0 Å². The molecule has 0 radical (unpaired) electrons. The summed E-state index contributed by atoms with van der Waals surface area (Å²) in [6.45, 7) is 10.2. The summed E-state index contributed by atoms with van der Waals surface area (Å²) in [5, 5.41) is 42.3. The van der Waals surface area contributed by atoms with Gasteiger partial charge in [-0.05, 0) is 97.5 Å². The van der Waals surface area contributed by atoms with Crippen molar-refractivity contribution in [3.63, 3.8) is 0 Å². The van der Waals surface area contributed by atoms with Crippen LogP contribution in [0.3, 0.4) is 0 Å². The van der Waals surface area contributed by atoms with E-state index in [4.69, 9.17) is 24.3 Å². The molecule has 6 aromatic rings. The number of carboxylic acid groups (broad SMARTS) is 1. The van der Waals surface area contributed by atoms with Crippen LogP contribution in [0.2, 0.25) is 0 Å². The van der Waals surface area contributed by atoms with E-state index in [0.717, 1.165) is 16.5 Å². The predicted octanol–water partition coefficient (Wildman–Crippen LogP) is 6.52. The van der Waals surface area contributed by atoms with Crippen LogP contribution in [0, 0.1) is 6.92 Å². The maximum absolute atomic E-state index is 13.4. The summed E-state index contributed by atoms with van der Waals surface area (Å²) in [6.07, 6.45) is -0.685. The molecule has 3 amide bonds. The van der Waals surface area contributed by atoms with Gasteiger partial charge in [0, 0.05) is 62.2 Å². The number of likely N-dealkylation sites (N-methyl/N-ethyl adjacent to an activating group) is 1. The standard InChI is InChI=1S/C49H52N8O11/c1-7-32-34-20-31(13-14-38(34)51-43-36(32)23-56-39(43)19-27(5)37(47(56)62)25-66-49(64)65)68-48(63)54(6)24-42(60)55-17-15-30(16-18-55)67-29-11-9-28(10-12-29)57-44(52-53-45(57)46(61)50-8-2)35-21-33(26(3)4)40(58)22-41(35)59/h9-14,19-22,26,30,58-59H,7-8,15-18,23-25H2,1-6H3,(H,50,61)(H,64,65). The molecule has 0 unspecified atom stereocenters. The van der Waals surface area contributed by atoms with Crippen molar-refractivity contribution in [2.45, 2.75) is 79.1 Å². The fourth-order valence-electron chi connectivity index (χ4n) is 8.79. The number of amides is 3. The summed E-state index contributed by atoms with van der Waals surface area (Å²) in [5.41, 5.74) is 5.67. The number of carbonyl (C=O) groups excluding carboxylic acids is 3. The first-order chi connectivity index (χ1) is 32.6. The summed E-state index contributed by atoms with van der Waals surface area (Å²) < 4.78 is 19.9. The Kier molecular flexibility index (Phi) is 13.1. The summed E-state index contributed by atoms with van der Waals surface area (Å²) in [4.78, 5) is 72.1. The number of hydrogen-bond donors (Lipinski definition) is 4. The topological polar surface area (TPSA) is 241 Å². The highest BCUT2D eigenvalue weighted by Crippen LogP contribution is 2.40. The van der Waals surface area contributed by atoms with Crippen molar-refractivity contribution in [2.75, 3.05) is 33.2 Å². The highest BCUT2D eigenvalue weighted by atomic mass is 16.7. The number of aryl methyl sites for hydroxylation is 2. The number of carbonyl (C=O) groups is 4. The zero-order chi connectivity index (χ0) is 48.6. The molecule has 0 atom stereocenters. The van der Waals surface area contributed by atoms with Crippen LogP contribution < -0.4 is 20.3 Å². The molecule has 19 nitrogen and oxygen atoms in total. The molecule has 1 saturated heterocycles. The number of phenolic OH excluding ortho intramolecular Hbond substituents is 2. The highest BCUT2D eigenvalue weighted by Gasteiger charge is 2.30. The molecule has 0 aliphatic carbocycles. The average Bonchev–Trinajstić information content (AvgIpc) is 3.91. The third kappa shape index (κ3) is 9.10. The number of aromatic nitrogens is 5. The van der Waals surface area contributed by atoms with E-state index in [0.29, 0.717) is 83.9 Å². The molecule has 2 aliphatic rings. The maximum Gasteiger partial charge on any atom is 0.506 e. The molecule has 1 fully saturated rings. The van der Waals surface area contributed by atoms with Gasteiger partial charge < -0.3 is 49.2 Å². The van der Waals surface area contributed by atoms with Crippen LogP contribution in [0.4, 0.5) is 9.59 Å². The first kappa shape index (κ1) is 46.6. The molecule has 2 aliphatic heterocycles. The van der Waals surface area contributed by atoms with Crippen molar-refractivity contribution < 1.29 is 48.7 Å². The third-order valence-electron chi connectivity index (χ3n) is 12.3. The van der Waals surface area contributed by atoms with E-state index in [1.54, 1.807) is 76.4 Å². The number of rotatable bonds is 13. The second-order valence-electron chi connectivity index (χ2n) is 17.1. The Morgan fingerprint density at radius 1 is 0.926 bits per heavy atom. The Hall–Kier alpha value is -7.96. The minimum absolute atomic E-state index is 0.0119. The van der Waals surface area contributed by atoms with E-state index in [1.807, 2.05) is 26.8 Å². The summed E-state index contributed by atoms with van der Waals surface area (Å²) in [5.74, 6) is 0.0301. The Bertz CT molecular complexity index is 3030. The zero-order valence-electron chi connectivity index (χ0n) is 38.5. The molecule has 4 N–H and O–H groups in total. The zero-order valence-corrected chi connectivity index (χ0v) is 38.5. The van der Waals surface area contributed by atoms with Gasteiger partial charge >= 0.3 is 12.2 Å². The second-order valence-corrected chi connectivity index (χ2v) is 17.1. The molecule has 354 valence electrons. The number of pyridine rings is 2. The van der Waals surface area contributed by atoms with Gasteiger partial charge in [-0.25, -0.2) is 14.6 Å². The lowest BCUT2D eigenvalue weighted by atomic mass is 9.98. The molecule has 0 bridgehead atoms. The number of benzene rings is 3. The molecule has 0 spiro atoms. The first-order valence-electron chi connectivity index (χ1n) is 22.4. The van der Waals surface area contributed by atoms with Crippen molar-refractivity contribution in [3.05, 3.63) is 105 Å².